The van der Waals surface area contributed by atoms with Crippen molar-refractivity contribution in [3.63, 3.8) is 0 Å². The number of amides is 1. The molecular weight excluding hydrogens is 262 g/mol. The van der Waals surface area contributed by atoms with Crippen LogP contribution in [0, 0.1) is 0 Å². The average Bonchev–Trinajstić information content (AvgIpc) is 3.06. The van der Waals surface area contributed by atoms with Gasteiger partial charge in [0.15, 0.2) is 0 Å². The highest BCUT2D eigenvalue weighted by atomic mass is 32.1. The molecule has 1 amide bonds. The summed E-state index contributed by atoms with van der Waals surface area (Å²) < 4.78 is 5.83. The Hall–Kier alpha value is -0.980. The van der Waals surface area contributed by atoms with Gasteiger partial charge in [-0.15, -0.1) is 11.3 Å². The number of carbonyl (C=O) groups is 1. The highest BCUT2D eigenvalue weighted by molar-refractivity contribution is 7.07. The first kappa shape index (κ1) is 13.0. The number of ether oxygens (including phenoxy) is 1. The van der Waals surface area contributed by atoms with Crippen LogP contribution >= 0.6 is 11.3 Å². The average molecular weight is 281 g/mol. The van der Waals surface area contributed by atoms with Crippen LogP contribution in [0.1, 0.15) is 24.3 Å². The van der Waals surface area contributed by atoms with E-state index in [0.717, 1.165) is 19.7 Å². The van der Waals surface area contributed by atoms with Crippen LogP contribution in [-0.4, -0.2) is 65.1 Å². The van der Waals surface area contributed by atoms with E-state index >= 15 is 0 Å². The van der Waals surface area contributed by atoms with Gasteiger partial charge in [0.1, 0.15) is 5.69 Å². The fourth-order valence-corrected chi connectivity index (χ4v) is 3.53. The lowest BCUT2D eigenvalue weighted by Gasteiger charge is -2.39. The molecule has 19 heavy (non-hydrogen) atoms. The SMILES string of the molecule is CC(C)N1CCO[C@@H]2CN(C(=O)c3cscn3)C[C@@H]21. The monoisotopic (exact) mass is 281 g/mol. The summed E-state index contributed by atoms with van der Waals surface area (Å²) in [7, 11) is 0. The Morgan fingerprint density at radius 2 is 2.37 bits per heavy atom. The first-order valence-corrected chi connectivity index (χ1v) is 7.66. The molecule has 5 nitrogen and oxygen atoms in total. The van der Waals surface area contributed by atoms with Gasteiger partial charge in [0, 0.05) is 31.1 Å². The van der Waals surface area contributed by atoms with E-state index in [-0.39, 0.29) is 12.0 Å². The van der Waals surface area contributed by atoms with Gasteiger partial charge >= 0.3 is 0 Å². The molecule has 0 spiro atoms. The molecule has 0 aromatic carbocycles. The third-order valence-electron chi connectivity index (χ3n) is 3.95. The molecule has 2 aliphatic rings. The summed E-state index contributed by atoms with van der Waals surface area (Å²) in [5.74, 6) is 0.0305. The normalized spacial score (nSPS) is 27.8. The van der Waals surface area contributed by atoms with Gasteiger partial charge in [0.05, 0.1) is 24.3 Å². The van der Waals surface area contributed by atoms with E-state index in [0.29, 0.717) is 24.3 Å². The smallest absolute Gasteiger partial charge is 0.273 e. The Morgan fingerprint density at radius 1 is 1.53 bits per heavy atom. The Labute approximate surface area is 117 Å². The fourth-order valence-electron chi connectivity index (χ4n) is 3.00. The third-order valence-corrected chi connectivity index (χ3v) is 4.53. The third kappa shape index (κ3) is 2.40. The highest BCUT2D eigenvalue weighted by Crippen LogP contribution is 2.25. The van der Waals surface area contributed by atoms with Crippen molar-refractivity contribution >= 4 is 17.2 Å². The quantitative estimate of drug-likeness (QED) is 0.814. The van der Waals surface area contributed by atoms with Gasteiger partial charge in [0.2, 0.25) is 0 Å². The lowest BCUT2D eigenvalue weighted by Crippen LogP contribution is -2.53. The molecule has 0 bridgehead atoms. The van der Waals surface area contributed by atoms with Gasteiger partial charge in [-0.25, -0.2) is 4.98 Å². The minimum Gasteiger partial charge on any atom is -0.373 e. The van der Waals surface area contributed by atoms with E-state index in [9.17, 15) is 4.79 Å². The summed E-state index contributed by atoms with van der Waals surface area (Å²) in [6.45, 7) is 7.56. The number of likely N-dealkylation sites (tertiary alicyclic amines) is 1. The molecule has 2 fully saturated rings. The zero-order valence-corrected chi connectivity index (χ0v) is 12.1. The first-order valence-electron chi connectivity index (χ1n) is 6.71. The van der Waals surface area contributed by atoms with Crippen LogP contribution in [0.5, 0.6) is 0 Å². The van der Waals surface area contributed by atoms with Gasteiger partial charge in [-0.05, 0) is 13.8 Å². The van der Waals surface area contributed by atoms with Gasteiger partial charge in [-0.1, -0.05) is 0 Å². The number of aromatic nitrogens is 1. The van der Waals surface area contributed by atoms with Crippen molar-refractivity contribution in [3.8, 4) is 0 Å². The van der Waals surface area contributed by atoms with Gasteiger partial charge < -0.3 is 9.64 Å². The van der Waals surface area contributed by atoms with E-state index in [1.807, 2.05) is 10.3 Å². The van der Waals surface area contributed by atoms with Crippen molar-refractivity contribution in [2.75, 3.05) is 26.2 Å². The number of carbonyl (C=O) groups excluding carboxylic acids is 1. The molecule has 104 valence electrons. The predicted octanol–water partition coefficient (Wildman–Crippen LogP) is 1.08. The van der Waals surface area contributed by atoms with Gasteiger partial charge in [-0.2, -0.15) is 0 Å². The van der Waals surface area contributed by atoms with Crippen molar-refractivity contribution in [3.05, 3.63) is 16.6 Å². The van der Waals surface area contributed by atoms with Crippen molar-refractivity contribution in [1.82, 2.24) is 14.8 Å². The molecule has 0 radical (unpaired) electrons. The second kappa shape index (κ2) is 5.19. The molecule has 3 rings (SSSR count). The number of nitrogens with zero attached hydrogens (tertiary/aromatic N) is 3. The van der Waals surface area contributed by atoms with E-state index in [1.54, 1.807) is 5.51 Å². The molecule has 1 aromatic heterocycles. The molecule has 2 saturated heterocycles. The van der Waals surface area contributed by atoms with Crippen molar-refractivity contribution in [2.45, 2.75) is 32.0 Å². The summed E-state index contributed by atoms with van der Waals surface area (Å²) in [4.78, 5) is 20.8. The maximum absolute atomic E-state index is 12.3. The summed E-state index contributed by atoms with van der Waals surface area (Å²) in [5, 5.41) is 1.81. The minimum atomic E-state index is 0.0305. The second-order valence-corrected chi connectivity index (χ2v) is 6.11. The number of rotatable bonds is 2. The molecule has 2 aliphatic heterocycles. The molecule has 0 N–H and O–H groups in total. The summed E-state index contributed by atoms with van der Waals surface area (Å²) in [6.07, 6.45) is 0.152. The van der Waals surface area contributed by atoms with Crippen molar-refractivity contribution in [2.24, 2.45) is 0 Å². The molecule has 2 atom stereocenters. The topological polar surface area (TPSA) is 45.7 Å². The van der Waals surface area contributed by atoms with E-state index in [1.165, 1.54) is 11.3 Å². The molecule has 0 aliphatic carbocycles. The summed E-state index contributed by atoms with van der Waals surface area (Å²) in [5.41, 5.74) is 2.26. The molecule has 0 unspecified atom stereocenters. The maximum Gasteiger partial charge on any atom is 0.273 e. The predicted molar refractivity (Wildman–Crippen MR) is 73.4 cm³/mol. The molecule has 0 saturated carbocycles. The molecule has 6 heteroatoms. The van der Waals surface area contributed by atoms with E-state index in [4.69, 9.17) is 4.74 Å². The minimum absolute atomic E-state index is 0.0305. The zero-order valence-electron chi connectivity index (χ0n) is 11.3. The lowest BCUT2D eigenvalue weighted by molar-refractivity contribution is -0.0582. The lowest BCUT2D eigenvalue weighted by atomic mass is 10.1. The summed E-state index contributed by atoms with van der Waals surface area (Å²) >= 11 is 1.46. The molecular formula is C13H19N3O2S. The van der Waals surface area contributed by atoms with Crippen LogP contribution in [0.15, 0.2) is 10.9 Å². The van der Waals surface area contributed by atoms with Gasteiger partial charge in [-0.3, -0.25) is 9.69 Å². The fraction of sp³-hybridized carbons (Fsp3) is 0.692. The summed E-state index contributed by atoms with van der Waals surface area (Å²) in [6, 6.07) is 0.821. The largest absolute Gasteiger partial charge is 0.373 e. The number of morpholine rings is 1. The standard InChI is InChI=1S/C13H19N3O2S/c1-9(2)16-3-4-18-12-6-15(5-11(12)16)13(17)10-7-19-8-14-10/h7-9,11-12H,3-6H2,1-2H3/t11-,12+/m0/s1. The van der Waals surface area contributed by atoms with Crippen LogP contribution in [0.25, 0.3) is 0 Å². The zero-order chi connectivity index (χ0) is 13.4. The first-order chi connectivity index (χ1) is 9.16. The van der Waals surface area contributed by atoms with Crippen LogP contribution in [0.2, 0.25) is 0 Å². The highest BCUT2D eigenvalue weighted by Gasteiger charge is 2.42. The van der Waals surface area contributed by atoms with E-state index in [2.05, 4.69) is 23.7 Å². The Morgan fingerprint density at radius 3 is 3.05 bits per heavy atom. The van der Waals surface area contributed by atoms with Crippen molar-refractivity contribution < 1.29 is 9.53 Å². The van der Waals surface area contributed by atoms with Crippen LogP contribution in [0.4, 0.5) is 0 Å². The Balaban J connectivity index is 1.73. The van der Waals surface area contributed by atoms with E-state index < -0.39 is 0 Å². The van der Waals surface area contributed by atoms with Crippen LogP contribution in [0.3, 0.4) is 0 Å². The number of thiazole rings is 1. The van der Waals surface area contributed by atoms with Crippen LogP contribution < -0.4 is 0 Å². The number of hydrogen-bond donors (Lipinski definition) is 0. The van der Waals surface area contributed by atoms with Crippen LogP contribution in [-0.2, 0) is 4.74 Å². The maximum atomic E-state index is 12.3. The molecule has 1 aromatic rings. The van der Waals surface area contributed by atoms with Crippen molar-refractivity contribution in [1.29, 1.82) is 0 Å². The number of fused-ring (bicyclic) bond motifs is 1. The molecule has 3 heterocycles. The van der Waals surface area contributed by atoms with Gasteiger partial charge in [0.25, 0.3) is 5.91 Å². The Kier molecular flexibility index (Phi) is 3.56. The number of hydrogen-bond acceptors (Lipinski definition) is 5. The second-order valence-electron chi connectivity index (χ2n) is 5.39. The Bertz CT molecular complexity index is 449.